The number of benzene rings is 1. The molecule has 0 aromatic heterocycles. The highest BCUT2D eigenvalue weighted by Gasteiger charge is 2.44. The molecule has 2 heteroatoms. The molecule has 1 unspecified atom stereocenters. The van der Waals surface area contributed by atoms with E-state index in [2.05, 4.69) is 31.3 Å². The van der Waals surface area contributed by atoms with Gasteiger partial charge in [0.25, 0.3) is 0 Å². The van der Waals surface area contributed by atoms with Crippen molar-refractivity contribution in [3.8, 4) is 0 Å². The molecule has 0 radical (unpaired) electrons. The Kier molecular flexibility index (Phi) is 9.75. The van der Waals surface area contributed by atoms with E-state index in [0.717, 1.165) is 30.1 Å². The van der Waals surface area contributed by atoms with Gasteiger partial charge in [0.15, 0.2) is 0 Å². The molecule has 5 atom stereocenters. The number of hydrogen-bond donors (Lipinski definition) is 1. The minimum absolute atomic E-state index is 0.104. The van der Waals surface area contributed by atoms with Gasteiger partial charge in [0.2, 0.25) is 5.91 Å². The minimum Gasteiger partial charge on any atom is -0.350 e. The van der Waals surface area contributed by atoms with Gasteiger partial charge in [0, 0.05) is 6.42 Å². The number of unbranched alkanes of at least 4 members (excludes halogenated alkanes) is 6. The number of amides is 1. The Morgan fingerprint density at radius 3 is 2.13 bits per heavy atom. The summed E-state index contributed by atoms with van der Waals surface area (Å²) in [6.07, 6.45) is 18.8. The van der Waals surface area contributed by atoms with E-state index >= 15 is 0 Å². The van der Waals surface area contributed by atoms with E-state index in [1.54, 1.807) is 12.8 Å². The molecule has 30 heavy (non-hydrogen) atoms. The lowest BCUT2D eigenvalue weighted by Gasteiger charge is -2.14. The third-order valence-corrected chi connectivity index (χ3v) is 7.58. The lowest BCUT2D eigenvalue weighted by atomic mass is 10.0. The molecule has 0 heterocycles. The van der Waals surface area contributed by atoms with E-state index in [1.165, 1.54) is 69.8 Å². The first kappa shape index (κ1) is 23.4. The van der Waals surface area contributed by atoms with Crippen LogP contribution in [-0.2, 0) is 4.79 Å². The Bertz CT molecular complexity index is 612. The Morgan fingerprint density at radius 2 is 1.47 bits per heavy atom. The fourth-order valence-electron chi connectivity index (χ4n) is 5.31. The number of carbonyl (C=O) groups excluding carboxylic acids is 1. The zero-order valence-electron chi connectivity index (χ0n) is 19.6. The van der Waals surface area contributed by atoms with Crippen molar-refractivity contribution in [3.63, 3.8) is 0 Å². The maximum absolute atomic E-state index is 12.1. The van der Waals surface area contributed by atoms with Gasteiger partial charge in [-0.15, -0.1) is 0 Å². The highest BCUT2D eigenvalue weighted by molar-refractivity contribution is 5.76. The molecule has 2 aliphatic carbocycles. The van der Waals surface area contributed by atoms with Gasteiger partial charge < -0.3 is 5.32 Å². The predicted molar refractivity (Wildman–Crippen MR) is 127 cm³/mol. The number of nitrogens with one attached hydrogen (secondary N) is 1. The van der Waals surface area contributed by atoms with E-state index in [4.69, 9.17) is 0 Å². The summed E-state index contributed by atoms with van der Waals surface area (Å²) in [6.45, 7) is 4.37. The van der Waals surface area contributed by atoms with E-state index in [1.807, 2.05) is 18.2 Å². The molecule has 0 spiro atoms. The monoisotopic (exact) mass is 411 g/mol. The molecule has 2 aliphatic rings. The summed E-state index contributed by atoms with van der Waals surface area (Å²) in [6, 6.07) is 10.3. The molecule has 0 aliphatic heterocycles. The summed E-state index contributed by atoms with van der Waals surface area (Å²) in [4.78, 5) is 12.1. The average Bonchev–Trinajstić information content (AvgIpc) is 3.67. The van der Waals surface area contributed by atoms with E-state index in [9.17, 15) is 4.79 Å². The highest BCUT2D eigenvalue weighted by atomic mass is 16.1. The second-order valence-corrected chi connectivity index (χ2v) is 10.2. The van der Waals surface area contributed by atoms with Crippen molar-refractivity contribution in [2.75, 3.05) is 0 Å². The molecule has 2 fully saturated rings. The van der Waals surface area contributed by atoms with Crippen molar-refractivity contribution >= 4 is 5.91 Å². The summed E-state index contributed by atoms with van der Waals surface area (Å²) in [7, 11) is 0. The van der Waals surface area contributed by atoms with E-state index in [0.29, 0.717) is 6.42 Å². The first-order chi connectivity index (χ1) is 14.7. The number of rotatable bonds is 16. The van der Waals surface area contributed by atoms with Gasteiger partial charge in [0.1, 0.15) is 0 Å². The molecule has 3 rings (SSSR count). The maximum atomic E-state index is 12.1. The summed E-state index contributed by atoms with van der Waals surface area (Å²) in [5.41, 5.74) is 1.18. The van der Waals surface area contributed by atoms with Crippen LogP contribution >= 0.6 is 0 Å². The quantitative estimate of drug-likeness (QED) is 0.276. The Labute approximate surface area is 185 Å². The van der Waals surface area contributed by atoms with Crippen LogP contribution in [-0.4, -0.2) is 5.91 Å². The van der Waals surface area contributed by atoms with Crippen LogP contribution in [0.15, 0.2) is 30.3 Å². The molecule has 168 valence electrons. The number of hydrogen-bond acceptors (Lipinski definition) is 1. The zero-order valence-corrected chi connectivity index (χ0v) is 19.6. The fraction of sp³-hybridized carbons (Fsp3) is 0.750. The molecular weight excluding hydrogens is 366 g/mol. The summed E-state index contributed by atoms with van der Waals surface area (Å²) in [5.74, 6) is 4.55. The van der Waals surface area contributed by atoms with Crippen molar-refractivity contribution in [1.82, 2.24) is 5.32 Å². The second-order valence-electron chi connectivity index (χ2n) is 10.2. The molecule has 2 saturated carbocycles. The van der Waals surface area contributed by atoms with Crippen LogP contribution in [0, 0.1) is 23.7 Å². The van der Waals surface area contributed by atoms with Gasteiger partial charge in [0.05, 0.1) is 6.04 Å². The van der Waals surface area contributed by atoms with Crippen molar-refractivity contribution in [2.24, 2.45) is 23.7 Å². The van der Waals surface area contributed by atoms with Crippen molar-refractivity contribution in [2.45, 2.75) is 110 Å². The molecule has 0 saturated heterocycles. The Hall–Kier alpha value is -1.31. The highest BCUT2D eigenvalue weighted by Crippen LogP contribution is 2.54. The topological polar surface area (TPSA) is 29.1 Å². The second kappa shape index (κ2) is 12.5. The molecule has 1 aromatic rings. The van der Waals surface area contributed by atoms with Gasteiger partial charge in [-0.3, -0.25) is 4.79 Å². The van der Waals surface area contributed by atoms with Crippen molar-refractivity contribution in [3.05, 3.63) is 35.9 Å². The fourth-order valence-corrected chi connectivity index (χ4v) is 5.31. The van der Waals surface area contributed by atoms with Crippen LogP contribution in [0.4, 0.5) is 0 Å². The Balaban J connectivity index is 1.11. The third kappa shape index (κ3) is 8.44. The van der Waals surface area contributed by atoms with Crippen LogP contribution in [0.2, 0.25) is 0 Å². The molecule has 1 amide bonds. The normalized spacial score (nSPS) is 25.7. The predicted octanol–water partition coefficient (Wildman–Crippen LogP) is 7.84. The SMILES string of the molecule is CCCCC[C@H]1C[C@H]1C[C@H]1C[C@H]1CCCCCCCC(=O)NC(C)c1ccccc1. The van der Waals surface area contributed by atoms with E-state index in [-0.39, 0.29) is 11.9 Å². The van der Waals surface area contributed by atoms with Crippen LogP contribution < -0.4 is 5.32 Å². The van der Waals surface area contributed by atoms with Gasteiger partial charge in [-0.25, -0.2) is 0 Å². The molecule has 1 N–H and O–H groups in total. The maximum Gasteiger partial charge on any atom is 0.220 e. The van der Waals surface area contributed by atoms with Crippen molar-refractivity contribution in [1.29, 1.82) is 0 Å². The molecule has 0 bridgehead atoms. The zero-order chi connectivity index (χ0) is 21.2. The molecular formula is C28H45NO. The van der Waals surface area contributed by atoms with Crippen LogP contribution in [0.5, 0.6) is 0 Å². The van der Waals surface area contributed by atoms with Gasteiger partial charge in [-0.1, -0.05) is 95.0 Å². The largest absolute Gasteiger partial charge is 0.350 e. The smallest absolute Gasteiger partial charge is 0.220 e. The summed E-state index contributed by atoms with van der Waals surface area (Å²) >= 11 is 0. The Morgan fingerprint density at radius 1 is 0.867 bits per heavy atom. The van der Waals surface area contributed by atoms with Gasteiger partial charge >= 0.3 is 0 Å². The molecule has 2 nitrogen and oxygen atoms in total. The standard InChI is InChI=1S/C28H45NO/c1-3-4-9-16-24-19-26(24)21-27-20-25(27)17-10-6-5-7-13-18-28(30)29-22(2)23-14-11-8-12-15-23/h8,11-12,14-15,22,24-27H,3-7,9-10,13,16-21H2,1-2H3,(H,29,30)/t22?,24-,25+,26-,27+/m0/s1. The summed E-state index contributed by atoms with van der Waals surface area (Å²) in [5, 5.41) is 3.13. The van der Waals surface area contributed by atoms with Crippen molar-refractivity contribution < 1.29 is 4.79 Å². The van der Waals surface area contributed by atoms with Crippen LogP contribution in [0.3, 0.4) is 0 Å². The first-order valence-electron chi connectivity index (χ1n) is 13.0. The summed E-state index contributed by atoms with van der Waals surface area (Å²) < 4.78 is 0. The third-order valence-electron chi connectivity index (χ3n) is 7.58. The molecule has 1 aromatic carbocycles. The average molecular weight is 412 g/mol. The lowest BCUT2D eigenvalue weighted by Crippen LogP contribution is -2.26. The van der Waals surface area contributed by atoms with E-state index < -0.39 is 0 Å². The van der Waals surface area contributed by atoms with Gasteiger partial charge in [-0.2, -0.15) is 0 Å². The van der Waals surface area contributed by atoms with Crippen LogP contribution in [0.25, 0.3) is 0 Å². The van der Waals surface area contributed by atoms with Crippen LogP contribution in [0.1, 0.15) is 115 Å². The first-order valence-corrected chi connectivity index (χ1v) is 13.0. The van der Waals surface area contributed by atoms with Gasteiger partial charge in [-0.05, 0) is 61.8 Å². The number of carbonyl (C=O) groups is 1. The minimum atomic E-state index is 0.104. The lowest BCUT2D eigenvalue weighted by molar-refractivity contribution is -0.121.